The molecule has 4 aromatic carbocycles. The molecule has 7 heterocycles. The quantitative estimate of drug-likeness (QED) is 0.0263. The maximum Gasteiger partial charge on any atom is 0.407 e. The second-order valence-corrected chi connectivity index (χ2v) is 35.4. The molecule has 7 saturated heterocycles. The number of amides is 1. The van der Waals surface area contributed by atoms with E-state index in [9.17, 15) is 24.0 Å². The summed E-state index contributed by atoms with van der Waals surface area (Å²) in [5, 5.41) is 2.98. The van der Waals surface area contributed by atoms with Gasteiger partial charge in [-0.1, -0.05) is 239 Å². The number of alkyl carbamates (subject to hydrolysis) is 1. The molecule has 13 unspecified atom stereocenters. The van der Waals surface area contributed by atoms with Crippen LogP contribution in [0.5, 0.6) is 0 Å². The molecule has 31 heteroatoms. The Hall–Kier alpha value is -5.81. The van der Waals surface area contributed by atoms with Gasteiger partial charge in [-0.05, 0) is 71.5 Å². The predicted molar refractivity (Wildman–Crippen MR) is 434 cm³/mol. The van der Waals surface area contributed by atoms with Gasteiger partial charge < -0.3 is 105 Å². The van der Waals surface area contributed by atoms with Gasteiger partial charge in [-0.2, -0.15) is 0 Å². The maximum atomic E-state index is 17.7. The first-order chi connectivity index (χ1) is 57.3. The molecule has 0 spiro atoms. The zero-order valence-electron chi connectivity index (χ0n) is 71.2. The molecule has 666 valence electrons. The molecule has 4 aromatic rings. The van der Waals surface area contributed by atoms with Gasteiger partial charge in [0.05, 0.1) is 83.3 Å². The van der Waals surface area contributed by atoms with E-state index >= 15 is 4.39 Å². The minimum Gasteiger partial charge on any atom is -0.465 e. The Morgan fingerprint density at radius 1 is 0.517 bits per heavy atom. The molecule has 7 aliphatic heterocycles. The van der Waals surface area contributed by atoms with Gasteiger partial charge in [0, 0.05) is 44.1 Å². The Labute approximate surface area is 718 Å². The predicted octanol–water partition coefficient (Wildman–Crippen LogP) is 14.1. The Morgan fingerprint density at radius 3 is 1.62 bits per heavy atom. The van der Waals surface area contributed by atoms with Crippen LogP contribution in [0.25, 0.3) is 0 Å². The van der Waals surface area contributed by atoms with Crippen LogP contribution in [0, 0.1) is 53.3 Å². The zero-order chi connectivity index (χ0) is 86.4. The molecule has 0 saturated carbocycles. The smallest absolute Gasteiger partial charge is 0.407 e. The molecule has 11 rings (SSSR count). The van der Waals surface area contributed by atoms with Crippen molar-refractivity contribution in [2.45, 2.75) is 294 Å². The van der Waals surface area contributed by atoms with Crippen LogP contribution in [-0.2, 0) is 138 Å². The number of hydrogen-bond donors (Lipinski definition) is 1. The van der Waals surface area contributed by atoms with E-state index in [0.717, 1.165) is 23.8 Å². The van der Waals surface area contributed by atoms with Crippen LogP contribution in [0.2, 0.25) is 0 Å². The summed E-state index contributed by atoms with van der Waals surface area (Å²) in [6.07, 6.45) is -24.2. The van der Waals surface area contributed by atoms with Crippen LogP contribution in [-0.4, -0.2) is 208 Å². The third-order valence-electron chi connectivity index (χ3n) is 24.8. The fourth-order valence-corrected chi connectivity index (χ4v) is 17.5. The lowest BCUT2D eigenvalue weighted by molar-refractivity contribution is -0.407. The number of carbonyl (C=O) groups is 5. The Bertz CT molecular complexity index is 3870. The summed E-state index contributed by atoms with van der Waals surface area (Å²) < 4.78 is 156. The number of fused-ring (bicyclic) bond motifs is 1. The fourth-order valence-electron chi connectivity index (χ4n) is 17.3. The number of nitrogens with one attached hydrogen (secondary N) is 1. The third kappa shape index (κ3) is 23.3. The first-order valence-electron chi connectivity index (χ1n) is 42.1. The molecule has 33 atom stereocenters. The highest BCUT2D eigenvalue weighted by molar-refractivity contribution is 6.67. The van der Waals surface area contributed by atoms with Crippen molar-refractivity contribution in [3.05, 3.63) is 144 Å². The van der Waals surface area contributed by atoms with Gasteiger partial charge in [-0.15, -0.1) is 0 Å². The van der Waals surface area contributed by atoms with Crippen LogP contribution < -0.4 is 5.32 Å². The van der Waals surface area contributed by atoms with E-state index < -0.39 is 230 Å². The van der Waals surface area contributed by atoms with Gasteiger partial charge in [0.1, 0.15) is 55.4 Å². The molecule has 7 fully saturated rings. The molecular weight excluding hydrogens is 1620 g/mol. The number of rotatable bonds is 33. The minimum atomic E-state index is -2.82. The van der Waals surface area contributed by atoms with Crippen molar-refractivity contribution >= 4 is 64.8 Å². The van der Waals surface area contributed by atoms with Crippen molar-refractivity contribution in [2.24, 2.45) is 53.3 Å². The average molecular weight is 1750 g/mol. The Morgan fingerprint density at radius 2 is 1.03 bits per heavy atom. The summed E-state index contributed by atoms with van der Waals surface area (Å²) in [6, 6.07) is 37.2. The van der Waals surface area contributed by atoms with E-state index in [1.165, 1.54) is 20.8 Å². The second-order valence-electron chi connectivity index (χ2n) is 32.9. The van der Waals surface area contributed by atoms with Crippen LogP contribution in [0.3, 0.4) is 0 Å². The lowest BCUT2D eigenvalue weighted by atomic mass is 9.77. The van der Waals surface area contributed by atoms with Crippen molar-refractivity contribution in [3.63, 3.8) is 0 Å². The van der Waals surface area contributed by atoms with E-state index in [2.05, 4.69) is 19.2 Å². The van der Waals surface area contributed by atoms with Gasteiger partial charge in [-0.3, -0.25) is 14.4 Å². The number of methoxy groups -OCH3 is 1. The van der Waals surface area contributed by atoms with Gasteiger partial charge in [0.15, 0.2) is 56.1 Å². The summed E-state index contributed by atoms with van der Waals surface area (Å²) >= 11 is 18.7. The Balaban J connectivity index is 0.916. The molecule has 0 bridgehead atoms. The minimum absolute atomic E-state index is 0.0255. The maximum absolute atomic E-state index is 17.7. The molecule has 0 aliphatic carbocycles. The number of carbonyl (C=O) groups excluding carboxylic acids is 5. The summed E-state index contributed by atoms with van der Waals surface area (Å²) in [7, 11) is 1.06. The van der Waals surface area contributed by atoms with Crippen molar-refractivity contribution in [1.29, 1.82) is 0 Å². The molecule has 27 nitrogen and oxygen atoms in total. The molecular formula is C89H121Cl3FNO26. The number of esters is 4. The number of alkyl halides is 4. The molecule has 1 N–H and O–H groups in total. The number of halogens is 4. The zero-order valence-corrected chi connectivity index (χ0v) is 73.5. The molecule has 0 radical (unpaired) electrons. The monoisotopic (exact) mass is 1740 g/mol. The Kier molecular flexibility index (Phi) is 34.3. The molecule has 0 aromatic heterocycles. The average Bonchev–Trinajstić information content (AvgIpc) is 0.749. The van der Waals surface area contributed by atoms with Crippen LogP contribution in [0.1, 0.15) is 152 Å². The summed E-state index contributed by atoms with van der Waals surface area (Å²) in [6.45, 7) is 25.9. The normalized spacial score (nSPS) is 37.1. The van der Waals surface area contributed by atoms with Crippen LogP contribution in [0.4, 0.5) is 9.18 Å². The summed E-state index contributed by atoms with van der Waals surface area (Å²) in [5.74, 6) is -10.9. The van der Waals surface area contributed by atoms with Gasteiger partial charge in [-0.25, -0.2) is 14.0 Å². The third-order valence-corrected chi connectivity index (χ3v) is 25.1. The standard InChI is InChI=1S/C89H121Cl3FNO26/c1-17-63-47(4)48(5)74(84(110-63)119-77-76-67(44-104-82(118-76)62-38-30-23-31-39-62)114-85(78(77)109-58(15)97)116-71-51(8)53(10)80(103-42-61-36-28-22-29-37-61)112-66(71)43-101-40-59-32-24-20-25-33-59)117-83-69(94-87(99)105-46-88(90,91)92)55(12)72(64(18-2)111-83)115-81-54(11)50(7)70(102-41-60-34-26-21-27-35-60)68(113-81)45-106-89(86(98)100-16)79(93)52(9)49(6)73(120-89)75(108-57(14)96)65(19-3)107-56(13)95/h20-39,47-55,63-85H,17-19,40-46H2,1-16H3,(H,94,99)/t47-,48?,49+,50+,51+,52-,53?,54?,55+,63-,64?,65+,66?,67?,68?,69?,70+,71-,72-,73?,74?,75+,76+,77-,78?,79?,80+,81-,82?,83-,84+,85-,89+/m0/s1. The van der Waals surface area contributed by atoms with E-state index in [1.807, 2.05) is 170 Å². The number of benzene rings is 4. The topological polar surface area (TPSA) is 291 Å². The highest BCUT2D eigenvalue weighted by atomic mass is 35.6. The number of ether oxygens (including phenoxy) is 21. The van der Waals surface area contributed by atoms with Crippen molar-refractivity contribution in [2.75, 3.05) is 33.5 Å². The van der Waals surface area contributed by atoms with Gasteiger partial charge >= 0.3 is 35.8 Å². The first-order valence-corrected chi connectivity index (χ1v) is 43.2. The summed E-state index contributed by atoms with van der Waals surface area (Å²) in [4.78, 5) is 68.4. The number of hydrogen-bond acceptors (Lipinski definition) is 26. The highest BCUT2D eigenvalue weighted by Gasteiger charge is 2.64. The van der Waals surface area contributed by atoms with Crippen molar-refractivity contribution in [1.82, 2.24) is 5.32 Å². The van der Waals surface area contributed by atoms with E-state index in [-0.39, 0.29) is 57.2 Å². The highest BCUT2D eigenvalue weighted by Crippen LogP contribution is 2.48. The lowest BCUT2D eigenvalue weighted by Crippen LogP contribution is -2.68. The second kappa shape index (κ2) is 43.4. The molecule has 7 aliphatic rings. The van der Waals surface area contributed by atoms with E-state index in [1.54, 1.807) is 20.8 Å². The van der Waals surface area contributed by atoms with E-state index in [0.29, 0.717) is 18.4 Å². The molecule has 1 amide bonds. The van der Waals surface area contributed by atoms with Crippen LogP contribution in [0.15, 0.2) is 121 Å². The first kappa shape index (κ1) is 94.9. The SMILES string of the molecule is CCC1O[C@@H](OC2C(C)[C@H](C)[C@H](CC)O[C@@H]2O[C@@H]2C(OC(C)=O)[C@H](O[C@@H]3C(COCc4ccccc4)O[C@@H](OCc4ccccc4)C(C)[C@H]3C)OC3COC(c4ccccc4)O[C@H]32)C(NC(=O)OCC(Cl)(Cl)Cl)[C@@H](C)[C@@H]1O[C@@H]1OC(CO[C@@]2(C(=O)OC)OC([C@H](OC(C)=O)[C@@H](CC)OC(C)=O)[C@H](C)[C@H](C)C2F)[C@H](OCc2ccccc2)[C@H](C)C1C. The largest absolute Gasteiger partial charge is 0.465 e. The van der Waals surface area contributed by atoms with Gasteiger partial charge in [0.25, 0.3) is 0 Å². The van der Waals surface area contributed by atoms with Gasteiger partial charge in [0.2, 0.25) is 3.79 Å². The van der Waals surface area contributed by atoms with Crippen molar-refractivity contribution < 1.29 is 128 Å². The fraction of sp³-hybridized carbons (Fsp3) is 0.674. The molecule has 120 heavy (non-hydrogen) atoms. The van der Waals surface area contributed by atoms with Crippen LogP contribution >= 0.6 is 34.8 Å². The van der Waals surface area contributed by atoms with E-state index in [4.69, 9.17) is 134 Å². The van der Waals surface area contributed by atoms with Crippen molar-refractivity contribution in [3.8, 4) is 0 Å². The summed E-state index contributed by atoms with van der Waals surface area (Å²) in [5.41, 5.74) is 3.44. The lowest BCUT2D eigenvalue weighted by Gasteiger charge is -2.53.